The molecule has 0 unspecified atom stereocenters. The van der Waals surface area contributed by atoms with E-state index in [1.807, 2.05) is 18.2 Å². The summed E-state index contributed by atoms with van der Waals surface area (Å²) < 4.78 is 1.68. The van der Waals surface area contributed by atoms with Crippen LogP contribution in [0.3, 0.4) is 0 Å². The van der Waals surface area contributed by atoms with Gasteiger partial charge in [0.2, 0.25) is 0 Å². The number of pyridine rings is 1. The molecule has 9 heteroatoms. The lowest BCUT2D eigenvalue weighted by Gasteiger charge is -2.42. The molecule has 1 fully saturated rings. The maximum Gasteiger partial charge on any atom is 0.255 e. The molecule has 0 spiro atoms. The highest BCUT2D eigenvalue weighted by molar-refractivity contribution is 6.00. The molecule has 1 aliphatic carbocycles. The van der Waals surface area contributed by atoms with E-state index in [1.165, 1.54) is 12.4 Å². The summed E-state index contributed by atoms with van der Waals surface area (Å²) in [6, 6.07) is 11.2. The molecule has 0 bridgehead atoms. The first-order chi connectivity index (χ1) is 14.4. The van der Waals surface area contributed by atoms with Crippen molar-refractivity contribution in [1.82, 2.24) is 19.9 Å². The molecule has 3 aromatic heterocycles. The summed E-state index contributed by atoms with van der Waals surface area (Å²) in [6.45, 7) is 1.67. The zero-order chi connectivity index (χ0) is 21.3. The number of aliphatic hydroxyl groups is 1. The van der Waals surface area contributed by atoms with Crippen LogP contribution in [0, 0.1) is 22.7 Å². The Hall–Kier alpha value is -3.95. The van der Waals surface area contributed by atoms with Crippen molar-refractivity contribution in [3.63, 3.8) is 0 Å². The lowest BCUT2D eigenvalue weighted by Crippen LogP contribution is -2.48. The first-order valence-corrected chi connectivity index (χ1v) is 9.42. The van der Waals surface area contributed by atoms with Gasteiger partial charge in [-0.2, -0.15) is 15.6 Å². The van der Waals surface area contributed by atoms with E-state index in [2.05, 4.69) is 26.8 Å². The standard InChI is InChI=1S/C21H19N7O2/c1-21(30)8-14(9-21)27-17-7-18(25-12-16(17)20(29)24-5-4-22)19-3-2-15-6-13(10-23)11-26-28(15)19/h2-3,6-7,11-12,14,30H,5,8-9H2,1H3,(H,24,29)(H,25,27)/t14-,21+. The number of rotatable bonds is 5. The van der Waals surface area contributed by atoms with Crippen molar-refractivity contribution < 1.29 is 9.90 Å². The van der Waals surface area contributed by atoms with Gasteiger partial charge in [0, 0.05) is 12.2 Å². The Bertz CT molecular complexity index is 1210. The largest absolute Gasteiger partial charge is 0.390 e. The number of aromatic nitrogens is 3. The number of nitrogens with zero attached hydrogens (tertiary/aromatic N) is 5. The van der Waals surface area contributed by atoms with E-state index in [4.69, 9.17) is 10.5 Å². The van der Waals surface area contributed by atoms with Crippen molar-refractivity contribution in [2.75, 3.05) is 11.9 Å². The second kappa shape index (κ2) is 7.47. The number of nitriles is 2. The first kappa shape index (κ1) is 19.4. The molecule has 3 heterocycles. The van der Waals surface area contributed by atoms with Crippen LogP contribution in [0.4, 0.5) is 5.69 Å². The van der Waals surface area contributed by atoms with E-state index in [1.54, 1.807) is 23.6 Å². The smallest absolute Gasteiger partial charge is 0.255 e. The third kappa shape index (κ3) is 3.66. The highest BCUT2D eigenvalue weighted by Gasteiger charge is 2.38. The Labute approximate surface area is 172 Å². The fourth-order valence-electron chi connectivity index (χ4n) is 3.69. The van der Waals surface area contributed by atoms with Crippen molar-refractivity contribution in [2.45, 2.75) is 31.4 Å². The number of hydrogen-bond acceptors (Lipinski definition) is 7. The fourth-order valence-corrected chi connectivity index (χ4v) is 3.69. The Morgan fingerprint density at radius 1 is 1.33 bits per heavy atom. The Morgan fingerprint density at radius 2 is 2.13 bits per heavy atom. The van der Waals surface area contributed by atoms with Crippen LogP contribution in [0.2, 0.25) is 0 Å². The van der Waals surface area contributed by atoms with Crippen LogP contribution in [0.1, 0.15) is 35.7 Å². The third-order valence-corrected chi connectivity index (χ3v) is 5.10. The minimum absolute atomic E-state index is 0.0261. The zero-order valence-electron chi connectivity index (χ0n) is 16.3. The van der Waals surface area contributed by atoms with E-state index in [9.17, 15) is 9.90 Å². The van der Waals surface area contributed by atoms with E-state index in [0.717, 1.165) is 5.52 Å². The molecular formula is C21H19N7O2. The van der Waals surface area contributed by atoms with Gasteiger partial charge in [-0.15, -0.1) is 0 Å². The molecule has 30 heavy (non-hydrogen) atoms. The van der Waals surface area contributed by atoms with Crippen LogP contribution >= 0.6 is 0 Å². The van der Waals surface area contributed by atoms with Crippen LogP contribution in [-0.4, -0.2) is 43.8 Å². The van der Waals surface area contributed by atoms with E-state index >= 15 is 0 Å². The summed E-state index contributed by atoms with van der Waals surface area (Å²) in [7, 11) is 0. The number of carbonyl (C=O) groups is 1. The van der Waals surface area contributed by atoms with Crippen LogP contribution < -0.4 is 10.6 Å². The summed E-state index contributed by atoms with van der Waals surface area (Å²) in [6.07, 6.45) is 4.08. The number of anilines is 1. The van der Waals surface area contributed by atoms with Gasteiger partial charge in [0.25, 0.3) is 5.91 Å². The minimum atomic E-state index is -0.711. The molecule has 1 aliphatic rings. The topological polar surface area (TPSA) is 139 Å². The van der Waals surface area contributed by atoms with Gasteiger partial charge in [-0.05, 0) is 44.0 Å². The highest BCUT2D eigenvalue weighted by atomic mass is 16.3. The van der Waals surface area contributed by atoms with Crippen LogP contribution in [0.25, 0.3) is 16.9 Å². The van der Waals surface area contributed by atoms with Crippen molar-refractivity contribution >= 4 is 17.1 Å². The molecule has 1 amide bonds. The second-order valence-corrected chi connectivity index (χ2v) is 7.61. The normalized spacial score (nSPS) is 20.1. The van der Waals surface area contributed by atoms with E-state index < -0.39 is 11.5 Å². The van der Waals surface area contributed by atoms with E-state index in [-0.39, 0.29) is 12.6 Å². The summed E-state index contributed by atoms with van der Waals surface area (Å²) in [5, 5.41) is 38.0. The Balaban J connectivity index is 1.71. The lowest BCUT2D eigenvalue weighted by molar-refractivity contribution is -0.0234. The van der Waals surface area contributed by atoms with Crippen molar-refractivity contribution in [3.8, 4) is 23.5 Å². The molecule has 150 valence electrons. The molecule has 1 saturated carbocycles. The molecule has 0 aliphatic heterocycles. The van der Waals surface area contributed by atoms with Gasteiger partial charge in [0.1, 0.15) is 12.6 Å². The summed E-state index contributed by atoms with van der Waals surface area (Å²) in [5.41, 5.74) is 2.70. The monoisotopic (exact) mass is 401 g/mol. The van der Waals surface area contributed by atoms with Gasteiger partial charge < -0.3 is 15.7 Å². The molecule has 9 nitrogen and oxygen atoms in total. The van der Waals surface area contributed by atoms with Crippen LogP contribution in [0.15, 0.2) is 36.7 Å². The van der Waals surface area contributed by atoms with Gasteiger partial charge in [-0.3, -0.25) is 9.78 Å². The number of hydrogen-bond donors (Lipinski definition) is 3. The number of carbonyl (C=O) groups excluding carboxylic acids is 1. The third-order valence-electron chi connectivity index (χ3n) is 5.10. The molecule has 3 aromatic rings. The molecule has 0 atom stereocenters. The lowest BCUT2D eigenvalue weighted by atomic mass is 9.77. The molecular weight excluding hydrogens is 382 g/mol. The predicted molar refractivity (Wildman–Crippen MR) is 108 cm³/mol. The molecule has 3 N–H and O–H groups in total. The van der Waals surface area contributed by atoms with Gasteiger partial charge in [-0.25, -0.2) is 4.52 Å². The van der Waals surface area contributed by atoms with Gasteiger partial charge in [0.05, 0.1) is 51.6 Å². The summed E-state index contributed by atoms with van der Waals surface area (Å²) in [4.78, 5) is 16.9. The maximum atomic E-state index is 12.5. The average Bonchev–Trinajstić information content (AvgIpc) is 3.13. The van der Waals surface area contributed by atoms with E-state index in [0.29, 0.717) is 41.0 Å². The molecule has 0 aromatic carbocycles. The quantitative estimate of drug-likeness (QED) is 0.554. The zero-order valence-corrected chi connectivity index (χ0v) is 16.3. The fraction of sp³-hybridized carbons (Fsp3) is 0.286. The Morgan fingerprint density at radius 3 is 2.83 bits per heavy atom. The van der Waals surface area contributed by atoms with Crippen LogP contribution in [0.5, 0.6) is 0 Å². The predicted octanol–water partition coefficient (Wildman–Crippen LogP) is 1.85. The maximum absolute atomic E-state index is 12.5. The number of amides is 1. The van der Waals surface area contributed by atoms with Gasteiger partial charge in [0.15, 0.2) is 0 Å². The van der Waals surface area contributed by atoms with Crippen molar-refractivity contribution in [2.24, 2.45) is 0 Å². The number of nitrogens with one attached hydrogen (secondary N) is 2. The first-order valence-electron chi connectivity index (χ1n) is 9.42. The van der Waals surface area contributed by atoms with Gasteiger partial charge in [-0.1, -0.05) is 0 Å². The van der Waals surface area contributed by atoms with Crippen molar-refractivity contribution in [3.05, 3.63) is 47.8 Å². The molecule has 0 radical (unpaired) electrons. The average molecular weight is 401 g/mol. The highest BCUT2D eigenvalue weighted by Crippen LogP contribution is 2.35. The van der Waals surface area contributed by atoms with Crippen molar-refractivity contribution in [1.29, 1.82) is 10.5 Å². The molecule has 4 rings (SSSR count). The van der Waals surface area contributed by atoms with Gasteiger partial charge >= 0.3 is 0 Å². The summed E-state index contributed by atoms with van der Waals surface area (Å²) >= 11 is 0. The second-order valence-electron chi connectivity index (χ2n) is 7.61. The Kier molecular flexibility index (Phi) is 4.82. The number of fused-ring (bicyclic) bond motifs is 1. The minimum Gasteiger partial charge on any atom is -0.390 e. The van der Waals surface area contributed by atoms with Crippen LogP contribution in [-0.2, 0) is 0 Å². The SMILES string of the molecule is C[C@]1(O)C[C@@H](Nc2cc(-c3ccc4cc(C#N)cnn34)ncc2C(=O)NCC#N)C1. The molecule has 0 saturated heterocycles. The summed E-state index contributed by atoms with van der Waals surface area (Å²) in [5.74, 6) is -0.402.